The van der Waals surface area contributed by atoms with Crippen LogP contribution in [0.5, 0.6) is 0 Å². The van der Waals surface area contributed by atoms with Gasteiger partial charge in [0.05, 0.1) is 16.9 Å². The average Bonchev–Trinajstić information content (AvgIpc) is 2.55. The van der Waals surface area contributed by atoms with Crippen LogP contribution in [0.3, 0.4) is 0 Å². The van der Waals surface area contributed by atoms with Crippen LogP contribution in [0.25, 0.3) is 6.08 Å². The summed E-state index contributed by atoms with van der Waals surface area (Å²) in [6, 6.07) is 0.985. The standard InChI is InChI=1S/C15H22BFN2O2/c1-10(18)13-12(17)8-11(9-19-13)6-7-16-20-14(2,3)15(4,5)21-16/h6-10H,18H2,1-5H3/b7-6+/t10-/m1/s1. The number of aromatic nitrogens is 1. The average molecular weight is 292 g/mol. The highest BCUT2D eigenvalue weighted by Crippen LogP contribution is 2.37. The van der Waals surface area contributed by atoms with Crippen molar-refractivity contribution in [1.82, 2.24) is 4.98 Å². The van der Waals surface area contributed by atoms with Crippen molar-refractivity contribution in [3.05, 3.63) is 35.3 Å². The quantitative estimate of drug-likeness (QED) is 0.870. The third kappa shape index (κ3) is 3.34. The first-order valence-electron chi connectivity index (χ1n) is 7.07. The first kappa shape index (κ1) is 16.1. The van der Waals surface area contributed by atoms with Gasteiger partial charge in [0.15, 0.2) is 0 Å². The molecule has 6 heteroatoms. The molecule has 1 aliphatic rings. The van der Waals surface area contributed by atoms with Crippen LogP contribution in [0.4, 0.5) is 4.39 Å². The first-order chi connectivity index (χ1) is 9.62. The zero-order valence-corrected chi connectivity index (χ0v) is 13.2. The molecule has 2 rings (SSSR count). The predicted molar refractivity (Wildman–Crippen MR) is 81.9 cm³/mol. The van der Waals surface area contributed by atoms with E-state index in [0.29, 0.717) is 5.56 Å². The van der Waals surface area contributed by atoms with Crippen LogP contribution in [0.2, 0.25) is 0 Å². The van der Waals surface area contributed by atoms with E-state index in [-0.39, 0.29) is 16.9 Å². The van der Waals surface area contributed by atoms with E-state index in [9.17, 15) is 4.39 Å². The van der Waals surface area contributed by atoms with Crippen LogP contribution >= 0.6 is 0 Å². The molecule has 0 spiro atoms. The topological polar surface area (TPSA) is 57.4 Å². The van der Waals surface area contributed by atoms with Gasteiger partial charge in [0.25, 0.3) is 0 Å². The third-order valence-electron chi connectivity index (χ3n) is 4.04. The van der Waals surface area contributed by atoms with Gasteiger partial charge in [-0.25, -0.2) is 4.39 Å². The first-order valence-corrected chi connectivity index (χ1v) is 7.07. The van der Waals surface area contributed by atoms with Crippen molar-refractivity contribution in [2.24, 2.45) is 5.73 Å². The zero-order valence-electron chi connectivity index (χ0n) is 13.2. The van der Waals surface area contributed by atoms with Gasteiger partial charge in [-0.05, 0) is 46.2 Å². The van der Waals surface area contributed by atoms with E-state index in [4.69, 9.17) is 15.0 Å². The maximum absolute atomic E-state index is 13.8. The van der Waals surface area contributed by atoms with Gasteiger partial charge < -0.3 is 15.0 Å². The molecule has 4 nitrogen and oxygen atoms in total. The molecule has 1 aliphatic heterocycles. The van der Waals surface area contributed by atoms with Gasteiger partial charge in [0, 0.05) is 12.2 Å². The molecule has 2 N–H and O–H groups in total. The van der Waals surface area contributed by atoms with Crippen LogP contribution in [-0.4, -0.2) is 23.3 Å². The maximum atomic E-state index is 13.8. The van der Waals surface area contributed by atoms with Crippen molar-refractivity contribution in [2.45, 2.75) is 51.9 Å². The summed E-state index contributed by atoms with van der Waals surface area (Å²) in [5.74, 6) is 1.36. The second-order valence-corrected chi connectivity index (χ2v) is 6.41. The largest absolute Gasteiger partial charge is 0.487 e. The zero-order chi connectivity index (χ0) is 15.8. The molecule has 0 amide bonds. The second kappa shape index (κ2) is 5.52. The molecule has 0 aromatic carbocycles. The van der Waals surface area contributed by atoms with E-state index in [0.717, 1.165) is 0 Å². The summed E-state index contributed by atoms with van der Waals surface area (Å²) < 4.78 is 25.5. The molecule has 21 heavy (non-hydrogen) atoms. The highest BCUT2D eigenvalue weighted by molar-refractivity contribution is 6.52. The molecule has 0 bridgehead atoms. The van der Waals surface area contributed by atoms with E-state index in [1.54, 1.807) is 25.2 Å². The fourth-order valence-electron chi connectivity index (χ4n) is 2.05. The molecule has 1 saturated heterocycles. The highest BCUT2D eigenvalue weighted by Gasteiger charge is 2.49. The van der Waals surface area contributed by atoms with Crippen molar-refractivity contribution in [3.8, 4) is 0 Å². The van der Waals surface area contributed by atoms with E-state index in [1.807, 2.05) is 27.7 Å². The summed E-state index contributed by atoms with van der Waals surface area (Å²) in [7, 11) is -0.453. The van der Waals surface area contributed by atoms with Gasteiger partial charge in [-0.3, -0.25) is 4.98 Å². The number of hydrogen-bond acceptors (Lipinski definition) is 4. The predicted octanol–water partition coefficient (Wildman–Crippen LogP) is 2.89. The maximum Gasteiger partial charge on any atom is 0.487 e. The number of hydrogen-bond donors (Lipinski definition) is 1. The Balaban J connectivity index is 2.11. The highest BCUT2D eigenvalue weighted by atomic mass is 19.1. The number of nitrogens with zero attached hydrogens (tertiary/aromatic N) is 1. The Morgan fingerprint density at radius 2 is 1.86 bits per heavy atom. The van der Waals surface area contributed by atoms with Gasteiger partial charge in [0.1, 0.15) is 5.82 Å². The summed E-state index contributed by atoms with van der Waals surface area (Å²) in [5, 5.41) is 0. The lowest BCUT2D eigenvalue weighted by Gasteiger charge is -2.32. The number of rotatable bonds is 3. The fraction of sp³-hybridized carbons (Fsp3) is 0.533. The smallest absolute Gasteiger partial charge is 0.400 e. The Morgan fingerprint density at radius 1 is 1.29 bits per heavy atom. The van der Waals surface area contributed by atoms with Crippen molar-refractivity contribution in [3.63, 3.8) is 0 Å². The van der Waals surface area contributed by atoms with Crippen LogP contribution in [0.15, 0.2) is 18.2 Å². The summed E-state index contributed by atoms with van der Waals surface area (Å²) in [5.41, 5.74) is 5.78. The lowest BCUT2D eigenvalue weighted by molar-refractivity contribution is 0.00578. The Labute approximate surface area is 125 Å². The SMILES string of the molecule is C[C@@H](N)c1ncc(/C=C/B2OC(C)(C)C(C)(C)O2)cc1F. The molecule has 0 aliphatic carbocycles. The molecule has 0 unspecified atom stereocenters. The summed E-state index contributed by atoms with van der Waals surface area (Å²) in [6.45, 7) is 9.64. The summed E-state index contributed by atoms with van der Waals surface area (Å²) in [6.07, 6.45) is 3.33. The molecule has 0 radical (unpaired) electrons. The van der Waals surface area contributed by atoms with Gasteiger partial charge in [-0.15, -0.1) is 0 Å². The summed E-state index contributed by atoms with van der Waals surface area (Å²) >= 11 is 0. The Hall–Kier alpha value is -1.24. The van der Waals surface area contributed by atoms with E-state index in [1.165, 1.54) is 6.07 Å². The van der Waals surface area contributed by atoms with Crippen molar-refractivity contribution < 1.29 is 13.7 Å². The van der Waals surface area contributed by atoms with E-state index in [2.05, 4.69) is 4.98 Å². The monoisotopic (exact) mass is 292 g/mol. The third-order valence-corrected chi connectivity index (χ3v) is 4.04. The van der Waals surface area contributed by atoms with E-state index >= 15 is 0 Å². The molecule has 1 aromatic heterocycles. The number of nitrogens with two attached hydrogens (primary N) is 1. The normalized spacial score (nSPS) is 22.0. The molecule has 2 heterocycles. The molecule has 0 saturated carbocycles. The number of halogens is 1. The van der Waals surface area contributed by atoms with Gasteiger partial charge in [0.2, 0.25) is 0 Å². The molecule has 1 atom stereocenters. The Morgan fingerprint density at radius 3 is 2.33 bits per heavy atom. The molecular formula is C15H22BFN2O2. The molecule has 1 fully saturated rings. The van der Waals surface area contributed by atoms with Gasteiger partial charge in [-0.2, -0.15) is 0 Å². The lowest BCUT2D eigenvalue weighted by atomic mass is 9.89. The van der Waals surface area contributed by atoms with Crippen LogP contribution in [-0.2, 0) is 9.31 Å². The number of pyridine rings is 1. The fourth-order valence-corrected chi connectivity index (χ4v) is 2.05. The Bertz CT molecular complexity index is 543. The summed E-state index contributed by atoms with van der Waals surface area (Å²) in [4.78, 5) is 4.05. The molecule has 114 valence electrons. The van der Waals surface area contributed by atoms with Gasteiger partial charge >= 0.3 is 7.12 Å². The van der Waals surface area contributed by atoms with Crippen molar-refractivity contribution in [1.29, 1.82) is 0 Å². The van der Waals surface area contributed by atoms with E-state index < -0.39 is 19.0 Å². The van der Waals surface area contributed by atoms with Crippen molar-refractivity contribution in [2.75, 3.05) is 0 Å². The minimum absolute atomic E-state index is 0.266. The van der Waals surface area contributed by atoms with Crippen LogP contribution in [0, 0.1) is 5.82 Å². The van der Waals surface area contributed by atoms with Gasteiger partial charge in [-0.1, -0.05) is 12.1 Å². The molecule has 1 aromatic rings. The van der Waals surface area contributed by atoms with Crippen LogP contribution in [0.1, 0.15) is 51.9 Å². The van der Waals surface area contributed by atoms with Crippen molar-refractivity contribution >= 4 is 13.2 Å². The molecular weight excluding hydrogens is 270 g/mol. The minimum atomic E-state index is -0.453. The lowest BCUT2D eigenvalue weighted by Crippen LogP contribution is -2.41. The Kier molecular flexibility index (Phi) is 4.24. The van der Waals surface area contributed by atoms with Crippen LogP contribution < -0.4 is 5.73 Å². The second-order valence-electron chi connectivity index (χ2n) is 6.41. The minimum Gasteiger partial charge on any atom is -0.400 e.